The monoisotopic (exact) mass is 386 g/mol. The molecule has 1 aliphatic heterocycles. The Morgan fingerprint density at radius 2 is 1.89 bits per heavy atom. The molecule has 6 heteroatoms. The Balaban J connectivity index is 1.83. The highest BCUT2D eigenvalue weighted by Gasteiger charge is 2.24. The van der Waals surface area contributed by atoms with Crippen molar-refractivity contribution in [2.45, 2.75) is 51.0 Å². The van der Waals surface area contributed by atoms with E-state index in [2.05, 4.69) is 11.6 Å². The molecule has 0 fully saturated rings. The number of carbonyl (C=O) groups excluding carboxylic acids is 1. The van der Waals surface area contributed by atoms with E-state index >= 15 is 0 Å². The predicted molar refractivity (Wildman–Crippen MR) is 107 cm³/mol. The Kier molecular flexibility index (Phi) is 5.67. The van der Waals surface area contributed by atoms with Crippen molar-refractivity contribution >= 4 is 21.6 Å². The summed E-state index contributed by atoms with van der Waals surface area (Å²) in [7, 11) is -3.65. The molecular formula is C21H26N2O3S. The van der Waals surface area contributed by atoms with Crippen LogP contribution in [0.4, 0.5) is 5.69 Å². The van der Waals surface area contributed by atoms with Gasteiger partial charge in [-0.3, -0.25) is 4.79 Å². The second-order valence-corrected chi connectivity index (χ2v) is 8.72. The molecule has 0 spiro atoms. The van der Waals surface area contributed by atoms with Gasteiger partial charge in [0, 0.05) is 25.2 Å². The maximum Gasteiger partial charge on any atom is 0.241 e. The Morgan fingerprint density at radius 3 is 2.52 bits per heavy atom. The fourth-order valence-corrected chi connectivity index (χ4v) is 4.76. The molecule has 1 N–H and O–H groups in total. The first-order valence-corrected chi connectivity index (χ1v) is 10.8. The minimum Gasteiger partial charge on any atom is -0.312 e. The molecule has 2 aromatic carbocycles. The minimum atomic E-state index is -3.65. The van der Waals surface area contributed by atoms with Gasteiger partial charge in [-0.25, -0.2) is 13.1 Å². The minimum absolute atomic E-state index is 0.0196. The standard InChI is InChI=1S/C21H26N2O3S/c1-4-17-7-9-18(10-8-17)15(2)22-27(25,26)20-11-12-21-19(14-20)6-5-13-23(21)16(3)24/h7-12,14-15,22H,4-6,13H2,1-3H3. The average molecular weight is 387 g/mol. The maximum absolute atomic E-state index is 12.8. The molecule has 5 nitrogen and oxygen atoms in total. The molecule has 0 radical (unpaired) electrons. The summed E-state index contributed by atoms with van der Waals surface area (Å²) in [6.45, 7) is 6.14. The van der Waals surface area contributed by atoms with Crippen molar-refractivity contribution in [1.82, 2.24) is 4.72 Å². The number of benzene rings is 2. The van der Waals surface area contributed by atoms with Crippen molar-refractivity contribution in [3.05, 3.63) is 59.2 Å². The predicted octanol–water partition coefficient (Wildman–Crippen LogP) is 3.59. The molecule has 3 rings (SSSR count). The smallest absolute Gasteiger partial charge is 0.241 e. The van der Waals surface area contributed by atoms with Crippen molar-refractivity contribution in [2.75, 3.05) is 11.4 Å². The zero-order valence-electron chi connectivity index (χ0n) is 16.0. The zero-order valence-corrected chi connectivity index (χ0v) is 16.8. The number of nitrogens with one attached hydrogen (secondary N) is 1. The summed E-state index contributed by atoms with van der Waals surface area (Å²) in [5.41, 5.74) is 3.87. The third kappa shape index (κ3) is 4.22. The van der Waals surface area contributed by atoms with E-state index in [4.69, 9.17) is 0 Å². The van der Waals surface area contributed by atoms with Crippen LogP contribution in [0.1, 0.15) is 49.9 Å². The quantitative estimate of drug-likeness (QED) is 0.854. The van der Waals surface area contributed by atoms with Crippen LogP contribution in [0, 0.1) is 0 Å². The van der Waals surface area contributed by atoms with Crippen molar-refractivity contribution in [2.24, 2.45) is 0 Å². The maximum atomic E-state index is 12.8. The molecule has 1 atom stereocenters. The van der Waals surface area contributed by atoms with Crippen LogP contribution in [0.15, 0.2) is 47.4 Å². The largest absolute Gasteiger partial charge is 0.312 e. The fraction of sp³-hybridized carbons (Fsp3) is 0.381. The first-order valence-electron chi connectivity index (χ1n) is 9.34. The number of nitrogens with zero attached hydrogens (tertiary/aromatic N) is 1. The van der Waals surface area contributed by atoms with Gasteiger partial charge in [-0.2, -0.15) is 0 Å². The van der Waals surface area contributed by atoms with Gasteiger partial charge in [0.15, 0.2) is 0 Å². The molecule has 0 aromatic heterocycles. The fourth-order valence-electron chi connectivity index (χ4n) is 3.48. The van der Waals surface area contributed by atoms with Crippen LogP contribution in [-0.2, 0) is 27.7 Å². The molecular weight excluding hydrogens is 360 g/mol. The molecule has 1 unspecified atom stereocenters. The normalized spacial score (nSPS) is 15.3. The molecule has 0 bridgehead atoms. The Hall–Kier alpha value is -2.18. The Bertz CT molecular complexity index is 936. The highest BCUT2D eigenvalue weighted by atomic mass is 32.2. The molecule has 144 valence electrons. The molecule has 0 aliphatic carbocycles. The van der Waals surface area contributed by atoms with Gasteiger partial charge < -0.3 is 4.90 Å². The summed E-state index contributed by atoms with van der Waals surface area (Å²) in [5, 5.41) is 0. The van der Waals surface area contributed by atoms with E-state index in [9.17, 15) is 13.2 Å². The molecule has 0 saturated heterocycles. The van der Waals surface area contributed by atoms with Crippen LogP contribution < -0.4 is 9.62 Å². The highest BCUT2D eigenvalue weighted by Crippen LogP contribution is 2.30. The van der Waals surface area contributed by atoms with Crippen LogP contribution in [0.2, 0.25) is 0 Å². The van der Waals surface area contributed by atoms with E-state index in [1.54, 1.807) is 23.1 Å². The molecule has 2 aromatic rings. The van der Waals surface area contributed by atoms with Crippen molar-refractivity contribution in [3.63, 3.8) is 0 Å². The highest BCUT2D eigenvalue weighted by molar-refractivity contribution is 7.89. The lowest BCUT2D eigenvalue weighted by Crippen LogP contribution is -2.34. The van der Waals surface area contributed by atoms with Gasteiger partial charge in [0.2, 0.25) is 15.9 Å². The second kappa shape index (κ2) is 7.82. The van der Waals surface area contributed by atoms with Gasteiger partial charge >= 0.3 is 0 Å². The molecule has 1 heterocycles. The summed E-state index contributed by atoms with van der Waals surface area (Å²) in [6, 6.07) is 12.7. The van der Waals surface area contributed by atoms with E-state index in [0.717, 1.165) is 36.1 Å². The first-order chi connectivity index (χ1) is 12.8. The SMILES string of the molecule is CCc1ccc(C(C)NS(=O)(=O)c2ccc3c(c2)CCCN3C(C)=O)cc1. The zero-order chi connectivity index (χ0) is 19.6. The number of amides is 1. The van der Waals surface area contributed by atoms with Crippen molar-refractivity contribution < 1.29 is 13.2 Å². The number of anilines is 1. The van der Waals surface area contributed by atoms with Gasteiger partial charge in [0.1, 0.15) is 0 Å². The summed E-state index contributed by atoms with van der Waals surface area (Å²) in [5.74, 6) is -0.0196. The third-order valence-corrected chi connectivity index (χ3v) is 6.62. The molecule has 1 aliphatic rings. The van der Waals surface area contributed by atoms with Gasteiger partial charge in [0.25, 0.3) is 0 Å². The number of hydrogen-bond acceptors (Lipinski definition) is 3. The summed E-state index contributed by atoms with van der Waals surface area (Å²) < 4.78 is 28.5. The summed E-state index contributed by atoms with van der Waals surface area (Å²) in [6.07, 6.45) is 2.56. The number of carbonyl (C=O) groups is 1. The lowest BCUT2D eigenvalue weighted by molar-refractivity contribution is -0.116. The van der Waals surface area contributed by atoms with E-state index in [1.807, 2.05) is 31.2 Å². The number of fused-ring (bicyclic) bond motifs is 1. The number of aryl methyl sites for hydroxylation is 2. The molecule has 27 heavy (non-hydrogen) atoms. The van der Waals surface area contributed by atoms with E-state index < -0.39 is 10.0 Å². The Labute approximate surface area is 161 Å². The van der Waals surface area contributed by atoms with Crippen molar-refractivity contribution in [1.29, 1.82) is 0 Å². The van der Waals surface area contributed by atoms with E-state index in [0.29, 0.717) is 6.54 Å². The summed E-state index contributed by atoms with van der Waals surface area (Å²) >= 11 is 0. The lowest BCUT2D eigenvalue weighted by atomic mass is 10.0. The van der Waals surface area contributed by atoms with Gasteiger partial charge in [0.05, 0.1) is 4.90 Å². The lowest BCUT2D eigenvalue weighted by Gasteiger charge is -2.29. The summed E-state index contributed by atoms with van der Waals surface area (Å²) in [4.78, 5) is 13.7. The van der Waals surface area contributed by atoms with Crippen molar-refractivity contribution in [3.8, 4) is 0 Å². The van der Waals surface area contributed by atoms with Crippen LogP contribution >= 0.6 is 0 Å². The molecule has 0 saturated carbocycles. The number of rotatable bonds is 5. The second-order valence-electron chi connectivity index (χ2n) is 7.00. The Morgan fingerprint density at radius 1 is 1.19 bits per heavy atom. The first kappa shape index (κ1) is 19.6. The van der Waals surface area contributed by atoms with Crippen LogP contribution in [0.3, 0.4) is 0 Å². The number of hydrogen-bond donors (Lipinski definition) is 1. The van der Waals surface area contributed by atoms with Gasteiger partial charge in [-0.15, -0.1) is 0 Å². The number of sulfonamides is 1. The average Bonchev–Trinajstić information content (AvgIpc) is 2.66. The third-order valence-electron chi connectivity index (χ3n) is 5.08. The molecule has 1 amide bonds. The van der Waals surface area contributed by atoms with E-state index in [-0.39, 0.29) is 16.8 Å². The van der Waals surface area contributed by atoms with Gasteiger partial charge in [-0.05, 0) is 61.1 Å². The van der Waals surface area contributed by atoms with E-state index in [1.165, 1.54) is 12.5 Å². The topological polar surface area (TPSA) is 66.5 Å². The van der Waals surface area contributed by atoms with Crippen LogP contribution in [0.25, 0.3) is 0 Å². The van der Waals surface area contributed by atoms with Gasteiger partial charge in [-0.1, -0.05) is 31.2 Å². The van der Waals surface area contributed by atoms with Crippen LogP contribution in [0.5, 0.6) is 0 Å². The van der Waals surface area contributed by atoms with Crippen LogP contribution in [-0.4, -0.2) is 20.9 Å².